The van der Waals surface area contributed by atoms with Gasteiger partial charge in [0.15, 0.2) is 11.3 Å². The van der Waals surface area contributed by atoms with E-state index < -0.39 is 17.1 Å². The number of fused-ring (bicyclic) bond motifs is 1. The van der Waals surface area contributed by atoms with E-state index in [-0.39, 0.29) is 23.7 Å². The van der Waals surface area contributed by atoms with Crippen LogP contribution in [0, 0.1) is 5.82 Å². The molecule has 0 atom stereocenters. The largest absolute Gasteiger partial charge is 0.493 e. The van der Waals surface area contributed by atoms with E-state index in [1.165, 1.54) is 38.0 Å². The lowest BCUT2D eigenvalue weighted by Crippen LogP contribution is -2.26. The van der Waals surface area contributed by atoms with Crippen LogP contribution in [-0.4, -0.2) is 34.8 Å². The molecule has 2 aromatic heterocycles. The monoisotopic (exact) mass is 386 g/mol. The van der Waals surface area contributed by atoms with E-state index in [1.807, 2.05) is 0 Å². The van der Waals surface area contributed by atoms with Crippen LogP contribution in [0.1, 0.15) is 27.0 Å². The molecule has 0 radical (unpaired) electrons. The molecule has 0 spiro atoms. The third kappa shape index (κ3) is 3.46. The number of hydrogen-bond donors (Lipinski definition) is 1. The van der Waals surface area contributed by atoms with Crippen LogP contribution in [0.3, 0.4) is 0 Å². The third-order valence-corrected chi connectivity index (χ3v) is 4.53. The zero-order chi connectivity index (χ0) is 20.4. The number of carboxylic acids is 1. The van der Waals surface area contributed by atoms with Crippen molar-refractivity contribution < 1.29 is 23.8 Å². The SMILES string of the molecule is COCc1cc(F)ccc1Cc1cnc2c(OC)c(C(=O)O)c(=O)n(C)c2c1. The highest BCUT2D eigenvalue weighted by Crippen LogP contribution is 2.27. The molecule has 2 heterocycles. The van der Waals surface area contributed by atoms with Gasteiger partial charge in [-0.1, -0.05) is 6.07 Å². The molecule has 0 amide bonds. The van der Waals surface area contributed by atoms with Gasteiger partial charge < -0.3 is 19.1 Å². The van der Waals surface area contributed by atoms with Gasteiger partial charge in [0, 0.05) is 20.4 Å². The number of pyridine rings is 2. The lowest BCUT2D eigenvalue weighted by Gasteiger charge is -2.14. The van der Waals surface area contributed by atoms with Gasteiger partial charge in [0.05, 0.1) is 19.2 Å². The number of nitrogens with zero attached hydrogens (tertiary/aromatic N) is 2. The number of ether oxygens (including phenoxy) is 2. The van der Waals surface area contributed by atoms with Gasteiger partial charge in [-0.05, 0) is 41.3 Å². The van der Waals surface area contributed by atoms with Gasteiger partial charge in [0.2, 0.25) is 0 Å². The predicted octanol–water partition coefficient (Wildman–Crippen LogP) is 2.52. The maximum absolute atomic E-state index is 13.5. The van der Waals surface area contributed by atoms with Crippen LogP contribution in [0.2, 0.25) is 0 Å². The maximum atomic E-state index is 13.5. The first kappa shape index (κ1) is 19.5. The molecule has 0 bridgehead atoms. The van der Waals surface area contributed by atoms with E-state index >= 15 is 0 Å². The molecule has 0 saturated carbocycles. The Morgan fingerprint density at radius 1 is 1.25 bits per heavy atom. The van der Waals surface area contributed by atoms with Gasteiger partial charge in [-0.15, -0.1) is 0 Å². The third-order valence-electron chi connectivity index (χ3n) is 4.53. The first-order valence-electron chi connectivity index (χ1n) is 8.42. The smallest absolute Gasteiger partial charge is 0.345 e. The number of aromatic carboxylic acids is 1. The van der Waals surface area contributed by atoms with Crippen molar-refractivity contribution in [3.63, 3.8) is 0 Å². The van der Waals surface area contributed by atoms with E-state index in [9.17, 15) is 19.1 Å². The normalized spacial score (nSPS) is 11.0. The maximum Gasteiger partial charge on any atom is 0.345 e. The van der Waals surface area contributed by atoms with Crippen molar-refractivity contribution in [2.45, 2.75) is 13.0 Å². The molecule has 28 heavy (non-hydrogen) atoms. The van der Waals surface area contributed by atoms with Crippen LogP contribution in [0.5, 0.6) is 5.75 Å². The highest BCUT2D eigenvalue weighted by molar-refractivity contribution is 5.97. The minimum absolute atomic E-state index is 0.0704. The van der Waals surface area contributed by atoms with Crippen molar-refractivity contribution in [3.05, 3.63) is 68.9 Å². The molecule has 0 fully saturated rings. The number of benzene rings is 1. The van der Waals surface area contributed by atoms with Gasteiger partial charge in [-0.25, -0.2) is 9.18 Å². The molecular formula is C20H19FN2O5. The summed E-state index contributed by atoms with van der Waals surface area (Å²) in [5.41, 5.74) is 1.94. The van der Waals surface area contributed by atoms with Crippen LogP contribution >= 0.6 is 0 Å². The molecular weight excluding hydrogens is 367 g/mol. The second-order valence-electron chi connectivity index (χ2n) is 6.31. The topological polar surface area (TPSA) is 90.7 Å². The van der Waals surface area contributed by atoms with Gasteiger partial charge in [0.1, 0.15) is 11.3 Å². The highest BCUT2D eigenvalue weighted by atomic mass is 19.1. The zero-order valence-electron chi connectivity index (χ0n) is 15.7. The van der Waals surface area contributed by atoms with Crippen LogP contribution < -0.4 is 10.3 Å². The average molecular weight is 386 g/mol. The molecule has 0 aliphatic rings. The van der Waals surface area contributed by atoms with Gasteiger partial charge in [-0.2, -0.15) is 0 Å². The number of carboxylic acid groups (broad SMARTS) is 1. The summed E-state index contributed by atoms with van der Waals surface area (Å²) in [7, 11) is 4.32. The van der Waals surface area contributed by atoms with Crippen molar-refractivity contribution in [2.24, 2.45) is 7.05 Å². The molecule has 8 heteroatoms. The summed E-state index contributed by atoms with van der Waals surface area (Å²) in [5.74, 6) is -1.79. The second-order valence-corrected chi connectivity index (χ2v) is 6.31. The van der Waals surface area contributed by atoms with E-state index in [1.54, 1.807) is 18.3 Å². The summed E-state index contributed by atoms with van der Waals surface area (Å²) in [6, 6.07) is 6.23. The standard InChI is InChI=1S/C20H19FN2O5/c1-23-15-7-11(6-12-4-5-14(21)8-13(12)10-27-2)9-22-17(15)18(28-3)16(19(23)24)20(25)26/h4-5,7-9H,6,10H2,1-3H3,(H,25,26). The molecule has 3 rings (SSSR count). The fourth-order valence-electron chi connectivity index (χ4n) is 3.18. The summed E-state index contributed by atoms with van der Waals surface area (Å²) in [6.07, 6.45) is 2.03. The number of halogens is 1. The Bertz CT molecular complexity index is 1120. The van der Waals surface area contributed by atoms with Crippen LogP contribution in [0.15, 0.2) is 35.3 Å². The summed E-state index contributed by atoms with van der Waals surface area (Å²) in [4.78, 5) is 28.3. The molecule has 1 N–H and O–H groups in total. The van der Waals surface area contributed by atoms with E-state index in [0.717, 1.165) is 16.7 Å². The predicted molar refractivity (Wildman–Crippen MR) is 100 cm³/mol. The Labute approximate surface area is 160 Å². The molecule has 3 aromatic rings. The van der Waals surface area contributed by atoms with Crippen molar-refractivity contribution >= 4 is 17.0 Å². The summed E-state index contributed by atoms with van der Waals surface area (Å²) in [5, 5.41) is 9.35. The lowest BCUT2D eigenvalue weighted by atomic mass is 10.0. The molecule has 7 nitrogen and oxygen atoms in total. The summed E-state index contributed by atoms with van der Waals surface area (Å²) < 4.78 is 25.1. The Morgan fingerprint density at radius 3 is 2.64 bits per heavy atom. The number of hydrogen-bond acceptors (Lipinski definition) is 5. The first-order valence-corrected chi connectivity index (χ1v) is 8.42. The molecule has 0 aliphatic carbocycles. The Morgan fingerprint density at radius 2 is 2.00 bits per heavy atom. The fraction of sp³-hybridized carbons (Fsp3) is 0.250. The number of methoxy groups -OCH3 is 2. The van der Waals surface area contributed by atoms with Gasteiger partial charge >= 0.3 is 5.97 Å². The van der Waals surface area contributed by atoms with Crippen LogP contribution in [0.25, 0.3) is 11.0 Å². The molecule has 0 aliphatic heterocycles. The molecule has 1 aromatic carbocycles. The van der Waals surface area contributed by atoms with Crippen molar-refractivity contribution in [1.82, 2.24) is 9.55 Å². The number of aromatic nitrogens is 2. The highest BCUT2D eigenvalue weighted by Gasteiger charge is 2.22. The molecule has 0 saturated heterocycles. The summed E-state index contributed by atoms with van der Waals surface area (Å²) >= 11 is 0. The van der Waals surface area contributed by atoms with Crippen molar-refractivity contribution in [2.75, 3.05) is 14.2 Å². The van der Waals surface area contributed by atoms with Gasteiger partial charge in [-0.3, -0.25) is 9.78 Å². The summed E-state index contributed by atoms with van der Waals surface area (Å²) in [6.45, 7) is 0.266. The molecule has 146 valence electrons. The van der Waals surface area contributed by atoms with Crippen molar-refractivity contribution in [3.8, 4) is 5.75 Å². The lowest BCUT2D eigenvalue weighted by molar-refractivity contribution is 0.0691. The van der Waals surface area contributed by atoms with Crippen LogP contribution in [0.4, 0.5) is 4.39 Å². The first-order chi connectivity index (χ1) is 13.4. The second kappa shape index (κ2) is 7.77. The average Bonchev–Trinajstić information content (AvgIpc) is 2.66. The molecule has 0 unspecified atom stereocenters. The van der Waals surface area contributed by atoms with Gasteiger partial charge in [0.25, 0.3) is 5.56 Å². The van der Waals surface area contributed by atoms with E-state index in [2.05, 4.69) is 4.98 Å². The van der Waals surface area contributed by atoms with E-state index in [0.29, 0.717) is 11.9 Å². The Hall–Kier alpha value is -3.26. The number of carbonyl (C=O) groups is 1. The minimum Gasteiger partial charge on any atom is -0.493 e. The Kier molecular flexibility index (Phi) is 5.41. The fourth-order valence-corrected chi connectivity index (χ4v) is 3.18. The quantitative estimate of drug-likeness (QED) is 0.700. The van der Waals surface area contributed by atoms with Crippen molar-refractivity contribution in [1.29, 1.82) is 0 Å². The number of rotatable bonds is 6. The zero-order valence-corrected chi connectivity index (χ0v) is 15.7. The minimum atomic E-state index is -1.37. The Balaban J connectivity index is 2.14. The number of aryl methyl sites for hydroxylation is 1. The van der Waals surface area contributed by atoms with E-state index in [4.69, 9.17) is 9.47 Å². The van der Waals surface area contributed by atoms with Crippen LogP contribution in [-0.2, 0) is 24.8 Å².